The molecular weight excluding hydrogens is 358 g/mol. The Kier molecular flexibility index (Phi) is 4.75. The zero-order valence-electron chi connectivity index (χ0n) is 10.0. The van der Waals surface area contributed by atoms with E-state index in [0.717, 1.165) is 21.5 Å². The van der Waals surface area contributed by atoms with Gasteiger partial charge in [0.15, 0.2) is 0 Å². The molecule has 0 spiro atoms. The van der Waals surface area contributed by atoms with Crippen LogP contribution in [0, 0.1) is 12.8 Å². The Morgan fingerprint density at radius 3 is 2.89 bits per heavy atom. The summed E-state index contributed by atoms with van der Waals surface area (Å²) in [6.07, 6.45) is 1.80. The van der Waals surface area contributed by atoms with Crippen LogP contribution < -0.4 is 0 Å². The van der Waals surface area contributed by atoms with Crippen molar-refractivity contribution in [3.63, 3.8) is 0 Å². The van der Waals surface area contributed by atoms with Crippen molar-refractivity contribution in [2.75, 3.05) is 19.0 Å². The summed E-state index contributed by atoms with van der Waals surface area (Å²) in [5.74, 6) is 1.00. The van der Waals surface area contributed by atoms with E-state index >= 15 is 0 Å². The van der Waals surface area contributed by atoms with Crippen molar-refractivity contribution in [1.29, 1.82) is 0 Å². The standard InChI is InChI=1S/C11H15BrClNO2S2/c1-8-10(6-11(12)17-8)18(15,16)14-5-3-9(7-14)2-4-13/h6,9H,2-5,7H2,1H3. The molecule has 0 saturated carbocycles. The summed E-state index contributed by atoms with van der Waals surface area (Å²) >= 11 is 10.5. The number of sulfonamides is 1. The van der Waals surface area contributed by atoms with E-state index < -0.39 is 10.0 Å². The minimum absolute atomic E-state index is 0.402. The van der Waals surface area contributed by atoms with Crippen LogP contribution in [0.5, 0.6) is 0 Å². The van der Waals surface area contributed by atoms with Crippen LogP contribution in [0.15, 0.2) is 14.7 Å². The Balaban J connectivity index is 2.20. The van der Waals surface area contributed by atoms with Crippen LogP contribution in [-0.4, -0.2) is 31.7 Å². The fourth-order valence-electron chi connectivity index (χ4n) is 2.23. The smallest absolute Gasteiger partial charge is 0.207 e. The van der Waals surface area contributed by atoms with E-state index in [1.165, 1.54) is 11.3 Å². The predicted molar refractivity (Wildman–Crippen MR) is 79.0 cm³/mol. The normalized spacial score (nSPS) is 21.6. The molecule has 1 saturated heterocycles. The lowest BCUT2D eigenvalue weighted by atomic mass is 10.1. The lowest BCUT2D eigenvalue weighted by Gasteiger charge is -2.16. The van der Waals surface area contributed by atoms with Crippen molar-refractivity contribution in [2.45, 2.75) is 24.7 Å². The zero-order chi connectivity index (χ0) is 13.3. The number of hydrogen-bond acceptors (Lipinski definition) is 3. The molecule has 1 aliphatic heterocycles. The van der Waals surface area contributed by atoms with Crippen molar-refractivity contribution in [2.24, 2.45) is 5.92 Å². The molecule has 3 nitrogen and oxygen atoms in total. The lowest BCUT2D eigenvalue weighted by Crippen LogP contribution is -2.29. The number of thiophene rings is 1. The summed E-state index contributed by atoms with van der Waals surface area (Å²) in [7, 11) is -3.33. The highest BCUT2D eigenvalue weighted by molar-refractivity contribution is 9.11. The Bertz CT molecular complexity index is 529. The minimum Gasteiger partial charge on any atom is -0.207 e. The monoisotopic (exact) mass is 371 g/mol. The molecule has 2 heterocycles. The Morgan fingerprint density at radius 1 is 1.61 bits per heavy atom. The van der Waals surface area contributed by atoms with Crippen LogP contribution in [0.1, 0.15) is 17.7 Å². The van der Waals surface area contributed by atoms with Crippen molar-refractivity contribution in [3.05, 3.63) is 14.7 Å². The number of halogens is 2. The first-order valence-corrected chi connectivity index (χ1v) is 9.35. The summed E-state index contributed by atoms with van der Waals surface area (Å²) in [4.78, 5) is 1.27. The SMILES string of the molecule is Cc1sc(Br)cc1S(=O)(=O)N1CCC(CCCl)C1. The molecule has 0 radical (unpaired) electrons. The molecule has 0 amide bonds. The number of aryl methyl sites for hydroxylation is 1. The van der Waals surface area contributed by atoms with Gasteiger partial charge in [0.1, 0.15) is 0 Å². The third kappa shape index (κ3) is 2.93. The highest BCUT2D eigenvalue weighted by Crippen LogP contribution is 2.33. The first-order valence-electron chi connectivity index (χ1n) is 5.77. The van der Waals surface area contributed by atoms with Crippen LogP contribution in [0.4, 0.5) is 0 Å². The molecule has 2 rings (SSSR count). The molecule has 1 aliphatic rings. The largest absolute Gasteiger partial charge is 0.244 e. The quantitative estimate of drug-likeness (QED) is 0.759. The number of hydrogen-bond donors (Lipinski definition) is 0. The van der Waals surface area contributed by atoms with Crippen molar-refractivity contribution >= 4 is 48.9 Å². The molecule has 1 atom stereocenters. The van der Waals surface area contributed by atoms with Gasteiger partial charge in [0.25, 0.3) is 0 Å². The third-order valence-corrected chi connectivity index (χ3v) is 7.12. The second-order valence-electron chi connectivity index (χ2n) is 4.47. The summed E-state index contributed by atoms with van der Waals surface area (Å²) in [6.45, 7) is 3.05. The number of rotatable bonds is 4. The van der Waals surface area contributed by atoms with E-state index in [2.05, 4.69) is 15.9 Å². The Morgan fingerprint density at radius 2 is 2.33 bits per heavy atom. The van der Waals surface area contributed by atoms with E-state index in [1.54, 1.807) is 10.4 Å². The van der Waals surface area contributed by atoms with E-state index in [0.29, 0.717) is 29.8 Å². The van der Waals surface area contributed by atoms with E-state index in [9.17, 15) is 8.42 Å². The molecule has 102 valence electrons. The van der Waals surface area contributed by atoms with Crippen LogP contribution in [-0.2, 0) is 10.0 Å². The third-order valence-electron chi connectivity index (χ3n) is 3.23. The highest BCUT2D eigenvalue weighted by atomic mass is 79.9. The van der Waals surface area contributed by atoms with Gasteiger partial charge in [0.05, 0.1) is 8.68 Å². The second kappa shape index (κ2) is 5.79. The van der Waals surface area contributed by atoms with E-state index in [-0.39, 0.29) is 0 Å². The summed E-state index contributed by atoms with van der Waals surface area (Å²) in [6, 6.07) is 1.70. The summed E-state index contributed by atoms with van der Waals surface area (Å²) < 4.78 is 27.4. The molecule has 1 fully saturated rings. The number of nitrogens with zero attached hydrogens (tertiary/aromatic N) is 1. The average molecular weight is 373 g/mol. The van der Waals surface area contributed by atoms with Gasteiger partial charge in [-0.3, -0.25) is 0 Å². The fraction of sp³-hybridized carbons (Fsp3) is 0.636. The molecule has 0 N–H and O–H groups in total. The van der Waals surface area contributed by atoms with Gasteiger partial charge in [-0.2, -0.15) is 4.31 Å². The van der Waals surface area contributed by atoms with Crippen LogP contribution >= 0.6 is 38.9 Å². The van der Waals surface area contributed by atoms with Gasteiger partial charge in [-0.05, 0) is 47.7 Å². The Labute approximate surface area is 125 Å². The molecule has 0 aliphatic carbocycles. The van der Waals surface area contributed by atoms with Crippen LogP contribution in [0.2, 0.25) is 0 Å². The first-order chi connectivity index (χ1) is 8.45. The molecule has 1 aromatic rings. The molecular formula is C11H15BrClNO2S2. The predicted octanol–water partition coefficient (Wildman–Crippen LogP) is 3.46. The maximum Gasteiger partial charge on any atom is 0.244 e. The van der Waals surface area contributed by atoms with Crippen molar-refractivity contribution < 1.29 is 8.42 Å². The first kappa shape index (κ1) is 14.8. The van der Waals surface area contributed by atoms with Gasteiger partial charge in [-0.25, -0.2) is 8.42 Å². The maximum absolute atomic E-state index is 12.5. The van der Waals surface area contributed by atoms with Crippen LogP contribution in [0.25, 0.3) is 0 Å². The van der Waals surface area contributed by atoms with Crippen molar-refractivity contribution in [3.8, 4) is 0 Å². The van der Waals surface area contributed by atoms with E-state index in [1.807, 2.05) is 6.92 Å². The van der Waals surface area contributed by atoms with Crippen LogP contribution in [0.3, 0.4) is 0 Å². The van der Waals surface area contributed by atoms with Gasteiger partial charge in [-0.1, -0.05) is 0 Å². The molecule has 1 aromatic heterocycles. The van der Waals surface area contributed by atoms with Gasteiger partial charge in [0.2, 0.25) is 10.0 Å². The molecule has 0 bridgehead atoms. The molecule has 0 aromatic carbocycles. The Hall–Kier alpha value is 0.380. The zero-order valence-corrected chi connectivity index (χ0v) is 14.0. The molecule has 18 heavy (non-hydrogen) atoms. The number of alkyl halides is 1. The lowest BCUT2D eigenvalue weighted by molar-refractivity contribution is 0.453. The molecule has 7 heteroatoms. The van der Waals surface area contributed by atoms with Crippen molar-refractivity contribution in [1.82, 2.24) is 4.31 Å². The minimum atomic E-state index is -3.33. The van der Waals surface area contributed by atoms with Gasteiger partial charge in [0, 0.05) is 23.8 Å². The van der Waals surface area contributed by atoms with E-state index in [4.69, 9.17) is 11.6 Å². The second-order valence-corrected chi connectivity index (χ2v) is 9.39. The molecule has 1 unspecified atom stereocenters. The highest BCUT2D eigenvalue weighted by Gasteiger charge is 2.33. The fourth-order valence-corrected chi connectivity index (χ4v) is 6.45. The average Bonchev–Trinajstić information content (AvgIpc) is 2.86. The topological polar surface area (TPSA) is 37.4 Å². The van der Waals surface area contributed by atoms with Gasteiger partial charge < -0.3 is 0 Å². The summed E-state index contributed by atoms with van der Waals surface area (Å²) in [5.41, 5.74) is 0. The van der Waals surface area contributed by atoms with Gasteiger partial charge >= 0.3 is 0 Å². The van der Waals surface area contributed by atoms with Gasteiger partial charge in [-0.15, -0.1) is 22.9 Å². The summed E-state index contributed by atoms with van der Waals surface area (Å²) in [5, 5.41) is 0. The maximum atomic E-state index is 12.5.